The fourth-order valence-corrected chi connectivity index (χ4v) is 2.52. The van der Waals surface area contributed by atoms with Crippen molar-refractivity contribution in [1.82, 2.24) is 10.6 Å². The second-order valence-electron chi connectivity index (χ2n) is 6.01. The van der Waals surface area contributed by atoms with Crippen molar-refractivity contribution in [2.24, 2.45) is 5.92 Å². The van der Waals surface area contributed by atoms with E-state index in [1.165, 1.54) is 6.92 Å². The van der Waals surface area contributed by atoms with E-state index in [4.69, 9.17) is 9.26 Å². The lowest BCUT2D eigenvalue weighted by Crippen LogP contribution is -2.50. The van der Waals surface area contributed by atoms with Gasteiger partial charge in [-0.05, 0) is 18.4 Å². The van der Waals surface area contributed by atoms with Crippen LogP contribution in [0.1, 0.15) is 26.3 Å². The molecule has 25 heavy (non-hydrogen) atoms. The molecule has 0 aliphatic carbocycles. The normalized spacial score (nSPS) is 15.8. The van der Waals surface area contributed by atoms with Gasteiger partial charge < -0.3 is 20.3 Å². The second-order valence-corrected chi connectivity index (χ2v) is 7.83. The summed E-state index contributed by atoms with van der Waals surface area (Å²) in [5.41, 5.74) is 0.824. The van der Waals surface area contributed by atoms with Gasteiger partial charge in [-0.15, -0.1) is 0 Å². The molecule has 0 bridgehead atoms. The Morgan fingerprint density at radius 1 is 1.16 bits per heavy atom. The average molecular weight is 372 g/mol. The standard InChI is InChI=1S/C16H25N2O6P/c1-11(2)15(24-25(4,21)22)18-14(19)12(3)17-16(20)23-10-13-8-6-5-7-9-13/h5-9,11-12,15H,10H2,1-4H3,(H,17,20)(H,18,19)(H,21,22)/t12-,15?/m0/s1. The van der Waals surface area contributed by atoms with Crippen molar-refractivity contribution in [3.05, 3.63) is 35.9 Å². The lowest BCUT2D eigenvalue weighted by atomic mass is 10.2. The monoisotopic (exact) mass is 372 g/mol. The van der Waals surface area contributed by atoms with Crippen LogP contribution in [0, 0.1) is 5.92 Å². The van der Waals surface area contributed by atoms with Gasteiger partial charge >= 0.3 is 13.7 Å². The molecule has 1 rings (SSSR count). The van der Waals surface area contributed by atoms with Gasteiger partial charge in [0.2, 0.25) is 5.91 Å². The molecule has 0 aromatic heterocycles. The number of hydrogen-bond acceptors (Lipinski definition) is 5. The van der Waals surface area contributed by atoms with Gasteiger partial charge in [-0.1, -0.05) is 44.2 Å². The molecule has 140 valence electrons. The summed E-state index contributed by atoms with van der Waals surface area (Å²) in [7, 11) is -3.76. The molecule has 0 saturated carbocycles. The molecule has 0 radical (unpaired) electrons. The third-order valence-electron chi connectivity index (χ3n) is 3.14. The van der Waals surface area contributed by atoms with E-state index in [1.54, 1.807) is 13.8 Å². The Morgan fingerprint density at radius 3 is 2.28 bits per heavy atom. The van der Waals surface area contributed by atoms with Gasteiger partial charge in [0.05, 0.1) is 0 Å². The van der Waals surface area contributed by atoms with E-state index in [0.29, 0.717) is 0 Å². The Morgan fingerprint density at radius 2 is 1.76 bits per heavy atom. The Bertz CT molecular complexity index is 616. The first-order valence-electron chi connectivity index (χ1n) is 7.84. The summed E-state index contributed by atoms with van der Waals surface area (Å²) in [6.45, 7) is 6.06. The number of hydrogen-bond donors (Lipinski definition) is 3. The van der Waals surface area contributed by atoms with Crippen LogP contribution in [0.3, 0.4) is 0 Å². The minimum atomic E-state index is -3.76. The van der Waals surface area contributed by atoms with Crippen LogP contribution in [0.2, 0.25) is 0 Å². The topological polar surface area (TPSA) is 114 Å². The summed E-state index contributed by atoms with van der Waals surface area (Å²) in [5.74, 6) is -0.787. The largest absolute Gasteiger partial charge is 0.445 e. The summed E-state index contributed by atoms with van der Waals surface area (Å²) < 4.78 is 21.4. The van der Waals surface area contributed by atoms with E-state index in [-0.39, 0.29) is 12.5 Å². The SMILES string of the molecule is CC(C)C(NC(=O)[C@H](C)NC(=O)OCc1ccccc1)OP(C)(=O)O. The van der Waals surface area contributed by atoms with Crippen LogP contribution in [0.4, 0.5) is 4.79 Å². The van der Waals surface area contributed by atoms with Gasteiger partial charge in [-0.3, -0.25) is 13.9 Å². The fraction of sp³-hybridized carbons (Fsp3) is 0.500. The molecule has 0 aliphatic rings. The van der Waals surface area contributed by atoms with Gasteiger partial charge in [0, 0.05) is 6.66 Å². The molecular weight excluding hydrogens is 347 g/mol. The van der Waals surface area contributed by atoms with E-state index in [1.807, 2.05) is 30.3 Å². The molecule has 0 fully saturated rings. The number of carbonyl (C=O) groups excluding carboxylic acids is 2. The van der Waals surface area contributed by atoms with Crippen molar-refractivity contribution >= 4 is 19.6 Å². The minimum absolute atomic E-state index is 0.0856. The van der Waals surface area contributed by atoms with Crippen LogP contribution in [-0.4, -0.2) is 35.8 Å². The van der Waals surface area contributed by atoms with Crippen LogP contribution in [0.15, 0.2) is 30.3 Å². The smallest absolute Gasteiger partial charge is 0.408 e. The van der Waals surface area contributed by atoms with Crippen molar-refractivity contribution in [2.45, 2.75) is 39.6 Å². The van der Waals surface area contributed by atoms with Crippen LogP contribution in [0.5, 0.6) is 0 Å². The van der Waals surface area contributed by atoms with Crippen molar-refractivity contribution in [3.8, 4) is 0 Å². The minimum Gasteiger partial charge on any atom is -0.445 e. The highest BCUT2D eigenvalue weighted by molar-refractivity contribution is 7.51. The molecule has 8 nitrogen and oxygen atoms in total. The summed E-state index contributed by atoms with van der Waals surface area (Å²) in [5, 5.41) is 4.88. The van der Waals surface area contributed by atoms with Gasteiger partial charge in [-0.2, -0.15) is 0 Å². The average Bonchev–Trinajstić information content (AvgIpc) is 2.51. The highest BCUT2D eigenvalue weighted by Gasteiger charge is 2.26. The summed E-state index contributed by atoms with van der Waals surface area (Å²) in [6.07, 6.45) is -1.69. The Balaban J connectivity index is 2.48. The third kappa shape index (κ3) is 8.67. The summed E-state index contributed by atoms with van der Waals surface area (Å²) in [6, 6.07) is 8.23. The number of ether oxygens (including phenoxy) is 1. The zero-order valence-corrected chi connectivity index (χ0v) is 15.7. The Hall–Kier alpha value is -1.89. The number of rotatable bonds is 8. The number of alkyl carbamates (subject to hydrolysis) is 1. The molecule has 9 heteroatoms. The van der Waals surface area contributed by atoms with Crippen LogP contribution in [0.25, 0.3) is 0 Å². The first kappa shape index (κ1) is 21.2. The lowest BCUT2D eigenvalue weighted by molar-refractivity contribution is -0.126. The van der Waals surface area contributed by atoms with Gasteiger partial charge in [0.15, 0.2) is 0 Å². The number of nitrogens with one attached hydrogen (secondary N) is 2. The second kappa shape index (κ2) is 9.56. The molecule has 1 aromatic rings. The fourth-order valence-electron chi connectivity index (χ4n) is 1.80. The summed E-state index contributed by atoms with van der Waals surface area (Å²) in [4.78, 5) is 33.2. The zero-order valence-electron chi connectivity index (χ0n) is 14.8. The molecule has 0 spiro atoms. The number of carbonyl (C=O) groups is 2. The van der Waals surface area contributed by atoms with Crippen molar-refractivity contribution in [1.29, 1.82) is 0 Å². The lowest BCUT2D eigenvalue weighted by Gasteiger charge is -2.25. The van der Waals surface area contributed by atoms with E-state index in [0.717, 1.165) is 12.2 Å². The maximum Gasteiger partial charge on any atom is 0.408 e. The highest BCUT2D eigenvalue weighted by Crippen LogP contribution is 2.39. The zero-order chi connectivity index (χ0) is 19.0. The van der Waals surface area contributed by atoms with E-state index in [9.17, 15) is 19.0 Å². The summed E-state index contributed by atoms with van der Waals surface area (Å²) >= 11 is 0. The quantitative estimate of drug-likeness (QED) is 0.476. The van der Waals surface area contributed by atoms with Crippen LogP contribution < -0.4 is 10.6 Å². The molecule has 0 saturated heterocycles. The predicted octanol–water partition coefficient (Wildman–Crippen LogP) is 2.23. The number of amides is 2. The molecule has 3 atom stereocenters. The maximum absolute atomic E-state index is 12.1. The van der Waals surface area contributed by atoms with Gasteiger partial charge in [0.1, 0.15) is 18.9 Å². The van der Waals surface area contributed by atoms with Crippen molar-refractivity contribution in [2.75, 3.05) is 6.66 Å². The predicted molar refractivity (Wildman–Crippen MR) is 92.8 cm³/mol. The number of benzene rings is 1. The van der Waals surface area contributed by atoms with E-state index < -0.39 is 31.9 Å². The van der Waals surface area contributed by atoms with Crippen molar-refractivity contribution < 1.29 is 28.3 Å². The molecule has 3 N–H and O–H groups in total. The van der Waals surface area contributed by atoms with Gasteiger partial charge in [-0.25, -0.2) is 4.79 Å². The Labute approximate surface area is 147 Å². The Kier molecular flexibility index (Phi) is 8.09. The van der Waals surface area contributed by atoms with Crippen LogP contribution in [-0.2, 0) is 25.2 Å². The van der Waals surface area contributed by atoms with E-state index >= 15 is 0 Å². The first-order chi connectivity index (χ1) is 11.6. The van der Waals surface area contributed by atoms with Crippen LogP contribution >= 0.6 is 7.60 Å². The molecule has 0 aliphatic heterocycles. The molecule has 2 unspecified atom stereocenters. The third-order valence-corrected chi connectivity index (χ3v) is 3.76. The highest BCUT2D eigenvalue weighted by atomic mass is 31.2. The molecular formula is C16H25N2O6P. The van der Waals surface area contributed by atoms with Crippen molar-refractivity contribution in [3.63, 3.8) is 0 Å². The van der Waals surface area contributed by atoms with Gasteiger partial charge in [0.25, 0.3) is 0 Å². The molecule has 1 aromatic carbocycles. The molecule has 2 amide bonds. The molecule has 0 heterocycles. The first-order valence-corrected chi connectivity index (χ1v) is 9.87. The maximum atomic E-state index is 12.1. The van der Waals surface area contributed by atoms with E-state index in [2.05, 4.69) is 10.6 Å².